The average molecular weight is 234 g/mol. The molecule has 1 atom stereocenters. The zero-order valence-electron chi connectivity index (χ0n) is 9.88. The van der Waals surface area contributed by atoms with Crippen LogP contribution in [0.5, 0.6) is 0 Å². The minimum Gasteiger partial charge on any atom is -0.396 e. The van der Waals surface area contributed by atoms with E-state index in [9.17, 15) is 4.79 Å². The molecule has 1 unspecified atom stereocenters. The topological polar surface area (TPSA) is 53.4 Å². The lowest BCUT2D eigenvalue weighted by Gasteiger charge is -2.25. The molecule has 92 valence electrons. The minimum absolute atomic E-state index is 0.0828. The second-order valence-corrected chi connectivity index (χ2v) is 4.35. The molecule has 0 aliphatic carbocycles. The van der Waals surface area contributed by atoms with E-state index in [0.717, 1.165) is 24.9 Å². The Morgan fingerprint density at radius 1 is 1.47 bits per heavy atom. The van der Waals surface area contributed by atoms with Crippen LogP contribution in [0, 0.1) is 0 Å². The van der Waals surface area contributed by atoms with Gasteiger partial charge in [0, 0.05) is 32.0 Å². The van der Waals surface area contributed by atoms with Crippen molar-refractivity contribution in [2.45, 2.75) is 31.7 Å². The van der Waals surface area contributed by atoms with E-state index in [4.69, 9.17) is 5.11 Å². The van der Waals surface area contributed by atoms with Crippen LogP contribution in [-0.2, 0) is 4.79 Å². The van der Waals surface area contributed by atoms with Crippen LogP contribution in [0.3, 0.4) is 0 Å². The van der Waals surface area contributed by atoms with Gasteiger partial charge in [0.05, 0.1) is 6.04 Å². The van der Waals surface area contributed by atoms with Gasteiger partial charge in [-0.05, 0) is 37.0 Å². The van der Waals surface area contributed by atoms with E-state index in [0.29, 0.717) is 12.8 Å². The lowest BCUT2D eigenvalue weighted by atomic mass is 10.1. The number of carbonyl (C=O) groups excluding carboxylic acids is 1. The van der Waals surface area contributed by atoms with Crippen molar-refractivity contribution < 1.29 is 9.90 Å². The molecule has 0 spiro atoms. The van der Waals surface area contributed by atoms with Crippen LogP contribution in [0.2, 0.25) is 0 Å². The van der Waals surface area contributed by atoms with Gasteiger partial charge in [-0.1, -0.05) is 0 Å². The third kappa shape index (κ3) is 2.82. The number of hydrogen-bond acceptors (Lipinski definition) is 3. The lowest BCUT2D eigenvalue weighted by molar-refractivity contribution is -0.132. The fourth-order valence-corrected chi connectivity index (χ4v) is 2.37. The molecule has 4 nitrogen and oxygen atoms in total. The number of hydrogen-bond donors (Lipinski definition) is 1. The van der Waals surface area contributed by atoms with E-state index in [2.05, 4.69) is 4.98 Å². The quantitative estimate of drug-likeness (QED) is 0.859. The minimum atomic E-state index is 0.0828. The van der Waals surface area contributed by atoms with Crippen LogP contribution in [0.25, 0.3) is 0 Å². The first-order chi connectivity index (χ1) is 8.33. The first-order valence-corrected chi connectivity index (χ1v) is 6.13. The summed E-state index contributed by atoms with van der Waals surface area (Å²) >= 11 is 0. The van der Waals surface area contributed by atoms with Crippen molar-refractivity contribution in [1.82, 2.24) is 9.88 Å². The Labute approximate surface area is 101 Å². The number of rotatable bonds is 4. The molecule has 1 amide bonds. The van der Waals surface area contributed by atoms with Crippen LogP contribution < -0.4 is 0 Å². The zero-order chi connectivity index (χ0) is 12.1. The van der Waals surface area contributed by atoms with Gasteiger partial charge in [-0.2, -0.15) is 0 Å². The molecule has 2 rings (SSSR count). The Morgan fingerprint density at radius 3 is 2.94 bits per heavy atom. The SMILES string of the molecule is O=C(CCCO)N1CCCC1c1ccncc1. The van der Waals surface area contributed by atoms with Crippen molar-refractivity contribution in [1.29, 1.82) is 0 Å². The first kappa shape index (κ1) is 12.0. The fourth-order valence-electron chi connectivity index (χ4n) is 2.37. The maximum Gasteiger partial charge on any atom is 0.223 e. The Hall–Kier alpha value is -1.42. The molecule has 1 N–H and O–H groups in total. The van der Waals surface area contributed by atoms with Crippen molar-refractivity contribution in [2.24, 2.45) is 0 Å². The van der Waals surface area contributed by atoms with Crippen molar-refractivity contribution in [3.05, 3.63) is 30.1 Å². The van der Waals surface area contributed by atoms with E-state index in [1.165, 1.54) is 0 Å². The highest BCUT2D eigenvalue weighted by Crippen LogP contribution is 2.31. The number of nitrogens with zero attached hydrogens (tertiary/aromatic N) is 2. The smallest absolute Gasteiger partial charge is 0.223 e. The van der Waals surface area contributed by atoms with Crippen molar-refractivity contribution in [3.8, 4) is 0 Å². The number of pyridine rings is 1. The molecule has 0 aromatic carbocycles. The lowest BCUT2D eigenvalue weighted by Crippen LogP contribution is -2.30. The molecular formula is C13H18N2O2. The summed E-state index contributed by atoms with van der Waals surface area (Å²) in [5.74, 6) is 0.151. The fraction of sp³-hybridized carbons (Fsp3) is 0.538. The summed E-state index contributed by atoms with van der Waals surface area (Å²) in [4.78, 5) is 17.9. The third-order valence-electron chi connectivity index (χ3n) is 3.21. The van der Waals surface area contributed by atoms with Crippen LogP contribution in [0.15, 0.2) is 24.5 Å². The van der Waals surface area contributed by atoms with E-state index < -0.39 is 0 Å². The van der Waals surface area contributed by atoms with E-state index >= 15 is 0 Å². The molecule has 1 aromatic heterocycles. The van der Waals surface area contributed by atoms with Crippen LogP contribution in [0.1, 0.15) is 37.3 Å². The second kappa shape index (κ2) is 5.77. The molecule has 4 heteroatoms. The molecule has 1 aromatic rings. The summed E-state index contributed by atoms with van der Waals surface area (Å²) in [5, 5.41) is 8.76. The summed E-state index contributed by atoms with van der Waals surface area (Å²) in [7, 11) is 0. The van der Waals surface area contributed by atoms with Crippen molar-refractivity contribution >= 4 is 5.91 Å². The van der Waals surface area contributed by atoms with Gasteiger partial charge < -0.3 is 10.0 Å². The van der Waals surface area contributed by atoms with Gasteiger partial charge in [-0.3, -0.25) is 9.78 Å². The third-order valence-corrected chi connectivity index (χ3v) is 3.21. The van der Waals surface area contributed by atoms with E-state index in [-0.39, 0.29) is 18.6 Å². The van der Waals surface area contributed by atoms with Gasteiger partial charge in [0.2, 0.25) is 5.91 Å². The maximum atomic E-state index is 12.0. The summed E-state index contributed by atoms with van der Waals surface area (Å²) in [6.45, 7) is 0.913. The molecule has 1 saturated heterocycles. The second-order valence-electron chi connectivity index (χ2n) is 4.35. The molecule has 1 aliphatic rings. The van der Waals surface area contributed by atoms with Crippen LogP contribution >= 0.6 is 0 Å². The van der Waals surface area contributed by atoms with E-state index in [1.54, 1.807) is 12.4 Å². The Balaban J connectivity index is 2.05. The predicted molar refractivity (Wildman–Crippen MR) is 64.2 cm³/mol. The number of likely N-dealkylation sites (tertiary alicyclic amines) is 1. The summed E-state index contributed by atoms with van der Waals surface area (Å²) < 4.78 is 0. The highest BCUT2D eigenvalue weighted by atomic mass is 16.3. The zero-order valence-corrected chi connectivity index (χ0v) is 9.88. The summed E-state index contributed by atoms with van der Waals surface area (Å²) in [5.41, 5.74) is 1.16. The summed E-state index contributed by atoms with van der Waals surface area (Å²) in [6.07, 6.45) is 6.61. The largest absolute Gasteiger partial charge is 0.396 e. The summed E-state index contributed by atoms with van der Waals surface area (Å²) in [6, 6.07) is 4.15. The Kier molecular flexibility index (Phi) is 4.09. The van der Waals surface area contributed by atoms with Gasteiger partial charge >= 0.3 is 0 Å². The number of aliphatic hydroxyl groups is 1. The highest BCUT2D eigenvalue weighted by Gasteiger charge is 2.29. The van der Waals surface area contributed by atoms with Gasteiger partial charge in [-0.25, -0.2) is 0 Å². The highest BCUT2D eigenvalue weighted by molar-refractivity contribution is 5.77. The maximum absolute atomic E-state index is 12.0. The number of carbonyl (C=O) groups is 1. The molecule has 2 heterocycles. The monoisotopic (exact) mass is 234 g/mol. The van der Waals surface area contributed by atoms with Crippen molar-refractivity contribution in [2.75, 3.05) is 13.2 Å². The molecule has 0 saturated carbocycles. The molecular weight excluding hydrogens is 216 g/mol. The Morgan fingerprint density at radius 2 is 2.24 bits per heavy atom. The molecule has 1 aliphatic heterocycles. The van der Waals surface area contributed by atoms with E-state index in [1.807, 2.05) is 17.0 Å². The Bertz CT molecular complexity index is 367. The predicted octanol–water partition coefficient (Wildman–Crippen LogP) is 1.52. The first-order valence-electron chi connectivity index (χ1n) is 6.13. The average Bonchev–Trinajstić information content (AvgIpc) is 2.86. The molecule has 17 heavy (non-hydrogen) atoms. The molecule has 1 fully saturated rings. The number of aliphatic hydroxyl groups excluding tert-OH is 1. The van der Waals surface area contributed by atoms with Gasteiger partial charge in [0.25, 0.3) is 0 Å². The van der Waals surface area contributed by atoms with Gasteiger partial charge in [0.1, 0.15) is 0 Å². The van der Waals surface area contributed by atoms with Gasteiger partial charge in [0.15, 0.2) is 0 Å². The normalized spacial score (nSPS) is 19.6. The standard InChI is InChI=1S/C13H18N2O2/c16-10-2-4-13(17)15-9-1-3-12(15)11-5-7-14-8-6-11/h5-8,12,16H,1-4,9-10H2. The number of aromatic nitrogens is 1. The number of amides is 1. The molecule has 0 radical (unpaired) electrons. The van der Waals surface area contributed by atoms with Crippen molar-refractivity contribution in [3.63, 3.8) is 0 Å². The van der Waals surface area contributed by atoms with Crippen LogP contribution in [-0.4, -0.2) is 34.0 Å². The van der Waals surface area contributed by atoms with Crippen LogP contribution in [0.4, 0.5) is 0 Å². The van der Waals surface area contributed by atoms with Gasteiger partial charge in [-0.15, -0.1) is 0 Å². The molecule has 0 bridgehead atoms.